The molecular weight excluding hydrogens is 468 g/mol. The standard InChI is InChI=1S/C32H32N6/c1-37-15-3-13-33-31(37)25-11-9-23-17-27(35-29(23)19-25)21-5-7-22(8-6-21)28-18-24-10-12-26(20-30(24)36-28)32-34-14-4-16-38(32)2/h5-12,17-20,35-36H,3-4,13-16H2,1-2H3. The summed E-state index contributed by atoms with van der Waals surface area (Å²) in [7, 11) is 4.25. The molecule has 2 aromatic heterocycles. The maximum absolute atomic E-state index is 4.76. The molecule has 0 amide bonds. The summed E-state index contributed by atoms with van der Waals surface area (Å²) in [5.41, 5.74) is 9.24. The molecule has 190 valence electrons. The number of aromatic amines is 2. The van der Waals surface area contributed by atoms with Crippen molar-refractivity contribution in [1.82, 2.24) is 19.8 Å². The molecule has 2 N–H and O–H groups in total. The van der Waals surface area contributed by atoms with Crippen molar-refractivity contribution in [2.24, 2.45) is 9.98 Å². The van der Waals surface area contributed by atoms with Crippen LogP contribution in [0.3, 0.4) is 0 Å². The van der Waals surface area contributed by atoms with Gasteiger partial charge in [-0.3, -0.25) is 9.98 Å². The number of aliphatic imine (C=N–C) groups is 2. The molecule has 0 saturated carbocycles. The summed E-state index contributed by atoms with van der Waals surface area (Å²) in [6, 6.07) is 26.5. The molecule has 6 heteroatoms. The van der Waals surface area contributed by atoms with Crippen LogP contribution in [0.1, 0.15) is 24.0 Å². The first-order valence-electron chi connectivity index (χ1n) is 13.5. The molecular formula is C32H32N6. The minimum Gasteiger partial charge on any atom is -0.359 e. The number of H-pyrrole nitrogens is 2. The van der Waals surface area contributed by atoms with Crippen LogP contribution in [0, 0.1) is 0 Å². The molecule has 0 aliphatic carbocycles. The summed E-state index contributed by atoms with van der Waals surface area (Å²) in [6.45, 7) is 3.93. The lowest BCUT2D eigenvalue weighted by atomic mass is 10.1. The summed E-state index contributed by atoms with van der Waals surface area (Å²) in [5, 5.41) is 2.43. The minimum absolute atomic E-state index is 0.907. The molecule has 0 fully saturated rings. The van der Waals surface area contributed by atoms with Crippen LogP contribution in [0.25, 0.3) is 44.3 Å². The van der Waals surface area contributed by atoms with Crippen molar-refractivity contribution in [3.05, 3.63) is 83.9 Å². The molecule has 2 aliphatic rings. The number of fused-ring (bicyclic) bond motifs is 2. The van der Waals surface area contributed by atoms with E-state index in [1.807, 2.05) is 0 Å². The van der Waals surface area contributed by atoms with Crippen molar-refractivity contribution in [2.45, 2.75) is 12.8 Å². The molecule has 38 heavy (non-hydrogen) atoms. The third-order valence-corrected chi connectivity index (χ3v) is 7.82. The first-order valence-corrected chi connectivity index (χ1v) is 13.5. The van der Waals surface area contributed by atoms with Crippen LogP contribution >= 0.6 is 0 Å². The van der Waals surface area contributed by atoms with E-state index in [9.17, 15) is 0 Å². The zero-order valence-electron chi connectivity index (χ0n) is 22.0. The SMILES string of the molecule is CN1CCCN=C1c1ccc2cc(-c3ccc(-c4cc5ccc(C6=NCCCN6C)cc5[nH]4)cc3)[nH]c2c1. The average Bonchev–Trinajstić information content (AvgIpc) is 3.57. The lowest BCUT2D eigenvalue weighted by Gasteiger charge is -2.25. The van der Waals surface area contributed by atoms with Crippen molar-refractivity contribution in [3.63, 3.8) is 0 Å². The summed E-state index contributed by atoms with van der Waals surface area (Å²) in [4.78, 5) is 21.3. The van der Waals surface area contributed by atoms with E-state index in [4.69, 9.17) is 9.98 Å². The molecule has 6 nitrogen and oxygen atoms in total. The van der Waals surface area contributed by atoms with E-state index in [1.165, 1.54) is 33.0 Å². The van der Waals surface area contributed by atoms with E-state index in [-0.39, 0.29) is 0 Å². The Morgan fingerprint density at radius 3 is 1.39 bits per heavy atom. The fraction of sp³-hybridized carbons (Fsp3) is 0.250. The van der Waals surface area contributed by atoms with Gasteiger partial charge in [0.25, 0.3) is 0 Å². The van der Waals surface area contributed by atoms with Crippen LogP contribution in [0.15, 0.2) is 82.8 Å². The molecule has 2 aliphatic heterocycles. The zero-order chi connectivity index (χ0) is 25.6. The predicted molar refractivity (Wildman–Crippen MR) is 158 cm³/mol. The topological polar surface area (TPSA) is 62.8 Å². The van der Waals surface area contributed by atoms with E-state index in [1.54, 1.807) is 0 Å². The summed E-state index contributed by atoms with van der Waals surface area (Å²) >= 11 is 0. The van der Waals surface area contributed by atoms with Gasteiger partial charge in [-0.05, 0) is 48.2 Å². The molecule has 5 aromatic rings. The zero-order valence-corrected chi connectivity index (χ0v) is 22.0. The Labute approximate surface area is 222 Å². The van der Waals surface area contributed by atoms with Gasteiger partial charge in [0.2, 0.25) is 0 Å². The lowest BCUT2D eigenvalue weighted by Crippen LogP contribution is -2.32. The number of hydrogen-bond acceptors (Lipinski definition) is 4. The van der Waals surface area contributed by atoms with Gasteiger partial charge in [-0.15, -0.1) is 0 Å². The predicted octanol–water partition coefficient (Wildman–Crippen LogP) is 6.15. The monoisotopic (exact) mass is 500 g/mol. The average molecular weight is 501 g/mol. The van der Waals surface area contributed by atoms with Crippen LogP contribution in [0.2, 0.25) is 0 Å². The molecule has 0 bridgehead atoms. The van der Waals surface area contributed by atoms with E-state index < -0.39 is 0 Å². The number of nitrogens with zero attached hydrogens (tertiary/aromatic N) is 4. The van der Waals surface area contributed by atoms with Gasteiger partial charge in [0.05, 0.1) is 0 Å². The van der Waals surface area contributed by atoms with E-state index in [2.05, 4.69) is 107 Å². The van der Waals surface area contributed by atoms with Crippen molar-refractivity contribution < 1.29 is 0 Å². The number of nitrogens with one attached hydrogen (secondary N) is 2. The highest BCUT2D eigenvalue weighted by atomic mass is 15.2. The first kappa shape index (κ1) is 22.8. The lowest BCUT2D eigenvalue weighted by molar-refractivity contribution is 0.468. The second-order valence-corrected chi connectivity index (χ2v) is 10.5. The van der Waals surface area contributed by atoms with Crippen molar-refractivity contribution in [3.8, 4) is 22.5 Å². The molecule has 0 spiro atoms. The van der Waals surface area contributed by atoms with E-state index >= 15 is 0 Å². The van der Waals surface area contributed by atoms with Gasteiger partial charge in [0.15, 0.2) is 0 Å². The summed E-state index contributed by atoms with van der Waals surface area (Å²) in [6.07, 6.45) is 2.25. The summed E-state index contributed by atoms with van der Waals surface area (Å²) in [5.74, 6) is 2.17. The van der Waals surface area contributed by atoms with Gasteiger partial charge in [-0.1, -0.05) is 48.5 Å². The van der Waals surface area contributed by atoms with E-state index in [0.717, 1.165) is 73.1 Å². The Kier molecular flexibility index (Phi) is 5.54. The Morgan fingerprint density at radius 1 is 0.553 bits per heavy atom. The Bertz CT molecular complexity index is 1570. The van der Waals surface area contributed by atoms with Gasteiger partial charge in [-0.2, -0.15) is 0 Å². The van der Waals surface area contributed by atoms with Crippen LogP contribution in [-0.2, 0) is 0 Å². The van der Waals surface area contributed by atoms with Crippen molar-refractivity contribution in [1.29, 1.82) is 0 Å². The number of benzene rings is 3. The van der Waals surface area contributed by atoms with Crippen molar-refractivity contribution >= 4 is 33.5 Å². The van der Waals surface area contributed by atoms with Gasteiger partial charge < -0.3 is 19.8 Å². The largest absolute Gasteiger partial charge is 0.359 e. The normalized spacial score (nSPS) is 16.3. The number of hydrogen-bond donors (Lipinski definition) is 2. The van der Waals surface area contributed by atoms with Gasteiger partial charge in [-0.25, -0.2) is 0 Å². The molecule has 0 saturated heterocycles. The molecule has 0 unspecified atom stereocenters. The quantitative estimate of drug-likeness (QED) is 0.311. The minimum atomic E-state index is 0.907. The smallest absolute Gasteiger partial charge is 0.130 e. The fourth-order valence-electron chi connectivity index (χ4n) is 5.73. The Morgan fingerprint density at radius 2 is 0.974 bits per heavy atom. The molecule has 0 atom stereocenters. The van der Waals surface area contributed by atoms with Crippen LogP contribution in [-0.4, -0.2) is 71.7 Å². The first-order chi connectivity index (χ1) is 18.6. The Balaban J connectivity index is 1.16. The maximum atomic E-state index is 4.76. The highest BCUT2D eigenvalue weighted by molar-refractivity contribution is 6.03. The molecule has 7 rings (SSSR count). The third-order valence-electron chi connectivity index (χ3n) is 7.82. The van der Waals surface area contributed by atoms with E-state index in [0.29, 0.717) is 0 Å². The van der Waals surface area contributed by atoms with Gasteiger partial charge in [0.1, 0.15) is 11.7 Å². The number of aromatic nitrogens is 2. The third kappa shape index (κ3) is 4.06. The van der Waals surface area contributed by atoms with Crippen LogP contribution in [0.4, 0.5) is 0 Å². The Hall–Kier alpha value is -4.32. The maximum Gasteiger partial charge on any atom is 0.130 e. The number of rotatable bonds is 4. The highest BCUT2D eigenvalue weighted by Crippen LogP contribution is 2.30. The second kappa shape index (κ2) is 9.21. The molecule has 0 radical (unpaired) electrons. The van der Waals surface area contributed by atoms with Crippen LogP contribution in [0.5, 0.6) is 0 Å². The fourth-order valence-corrected chi connectivity index (χ4v) is 5.73. The summed E-state index contributed by atoms with van der Waals surface area (Å²) < 4.78 is 0. The molecule has 4 heterocycles. The van der Waals surface area contributed by atoms with Crippen LogP contribution < -0.4 is 0 Å². The van der Waals surface area contributed by atoms with Crippen molar-refractivity contribution in [2.75, 3.05) is 40.3 Å². The highest BCUT2D eigenvalue weighted by Gasteiger charge is 2.16. The molecule has 3 aromatic carbocycles. The van der Waals surface area contributed by atoms with Gasteiger partial charge in [0, 0.05) is 84.6 Å². The number of amidine groups is 2. The van der Waals surface area contributed by atoms with Gasteiger partial charge >= 0.3 is 0 Å². The second-order valence-electron chi connectivity index (χ2n) is 10.5.